The van der Waals surface area contributed by atoms with E-state index in [0.29, 0.717) is 142 Å². The summed E-state index contributed by atoms with van der Waals surface area (Å²) >= 11 is 2.97. The first kappa shape index (κ1) is 99.5. The summed E-state index contributed by atoms with van der Waals surface area (Å²) in [5.74, 6) is -2.14. The van der Waals surface area contributed by atoms with E-state index >= 15 is 0 Å². The molecule has 4 aliphatic carbocycles. The molecule has 13 aliphatic heterocycles. The largest absolute Gasteiger partial charge is 0.525 e. The van der Waals surface area contributed by atoms with Gasteiger partial charge in [0.05, 0.1) is 146 Å². The van der Waals surface area contributed by atoms with E-state index in [-0.39, 0.29) is 116 Å². The fourth-order valence-electron chi connectivity index (χ4n) is 25.1. The molecule has 44 heteroatoms. The topological polar surface area (TPSA) is 518 Å². The van der Waals surface area contributed by atoms with Gasteiger partial charge in [0.25, 0.3) is 0 Å². The molecule has 1 spiro atoms. The normalized spacial score (nSPS) is 32.6. The fraction of sp³-hybridized carbons (Fsp3) is 0.510. The molecule has 0 amide bonds. The maximum atomic E-state index is 14.7. The van der Waals surface area contributed by atoms with Crippen molar-refractivity contribution >= 4 is 54.8 Å². The molecule has 25 rings (SSSR count). The second kappa shape index (κ2) is 38.8. The molecule has 0 radical (unpaired) electrons. The number of aliphatic hydroxyl groups excluding tert-OH is 5. The standard InChI is InChI=1S/C39H43N3O11S.C33H34O12S.C30H35O15P/c1-16-9-20-10-22-37(46)42-23-13-50-38(47)39(21-12-25(48-5)24(44)11-19(21)7-8-40-39)14-54-36(30(42)29(41(22)4)26(20)31(45)32(16)49-6)28-27(23)35-34(51-15-52-35)17(2)33(28)53-18(3)43;1-38-21-6-14(7-22(39-2)27(21)34)25-16-9-19-20(43-13-42-19)10-17(16)31(18-12-40-32(37)26(18)25)44-23-8-15-11-41-33(24-4-3-5-46-24)45-30(15)29(36)28(23)35;1-12-39-9-14-6-20(25(31)26(32)27(14)43-12)44-28-16-8-19-18(41-11-42-19)7-15(16)23(24-17(28)10-40-30(24)33)13-4-21(37-2)29(22(5-13)38-3)45-46(34,35)36/h9,11-12,22-23,29-30,36-37,40,44-46H,7-8,10,13-15H2,1-6H3;3-7,9-10,15,18,23,25-26,28-31,33-36H,8,11-13H2,1-2H3;4-5,7-8,12,14,17,20,23-28,31-32H,6,9-11H2,1-3H3,(H2,34,35,36)/t22-,23-,29+,30?,36-,37-,39+;15-,18+,23-,25-,26+,28+,29-,30-,31-,33-;12-,14-,17+,20-,23-,24+,25+,26-,27-,28-/m011/s1. The quantitative estimate of drug-likeness (QED) is 0.0186. The van der Waals surface area contributed by atoms with Crippen molar-refractivity contribution in [2.75, 3.05) is 115 Å². The van der Waals surface area contributed by atoms with Crippen LogP contribution < -0.4 is 71.4 Å². The lowest BCUT2D eigenvalue weighted by molar-refractivity contribution is -0.297. The molecule has 11 N–H and O–H groups in total. The van der Waals surface area contributed by atoms with Crippen LogP contribution in [0.1, 0.15) is 157 Å². The van der Waals surface area contributed by atoms with E-state index in [0.717, 1.165) is 32.7 Å². The highest BCUT2D eigenvalue weighted by atomic mass is 32.2. The number of carbonyl (C=O) groups excluding carboxylic acids is 4. The zero-order valence-electron chi connectivity index (χ0n) is 81.1. The summed E-state index contributed by atoms with van der Waals surface area (Å²) in [6.07, 6.45) is -9.66. The van der Waals surface area contributed by atoms with E-state index in [2.05, 4.69) is 10.2 Å². The van der Waals surface area contributed by atoms with Crippen molar-refractivity contribution in [2.45, 2.75) is 180 Å². The minimum Gasteiger partial charge on any atom is -0.504 e. The van der Waals surface area contributed by atoms with Crippen LogP contribution in [0, 0.1) is 49.4 Å². The van der Waals surface area contributed by atoms with Crippen LogP contribution in [-0.2, 0) is 84.8 Å². The molecule has 7 aromatic carbocycles. The molecule has 8 fully saturated rings. The molecule has 2 saturated carbocycles. The maximum Gasteiger partial charge on any atom is 0.525 e. The first-order valence-electron chi connectivity index (χ1n) is 48.2. The van der Waals surface area contributed by atoms with Crippen LogP contribution in [0.5, 0.6) is 97.7 Å². The Morgan fingerprint density at radius 1 is 0.575 bits per heavy atom. The molecule has 8 aromatic rings. The number of rotatable bonds is 16. The van der Waals surface area contributed by atoms with Gasteiger partial charge in [0.15, 0.2) is 98.6 Å². The van der Waals surface area contributed by atoms with Crippen LogP contribution in [0.2, 0.25) is 0 Å². The average Bonchev–Trinajstić information content (AvgIpc) is 0.713. The lowest BCUT2D eigenvalue weighted by Gasteiger charge is -2.62. The number of hydrogen-bond donors (Lipinski definition) is 11. The van der Waals surface area contributed by atoms with Gasteiger partial charge >= 0.3 is 31.7 Å². The minimum absolute atomic E-state index is 0.00556. The number of aromatic hydroxyl groups is 3. The Morgan fingerprint density at radius 3 is 1.68 bits per heavy atom. The first-order chi connectivity index (χ1) is 70.2. The van der Waals surface area contributed by atoms with Crippen LogP contribution in [0.25, 0.3) is 0 Å². The van der Waals surface area contributed by atoms with Gasteiger partial charge in [0, 0.05) is 83.0 Å². The van der Waals surface area contributed by atoms with Crippen LogP contribution in [0.15, 0.2) is 84.2 Å². The van der Waals surface area contributed by atoms with Crippen molar-refractivity contribution in [3.05, 3.63) is 167 Å². The Balaban J connectivity index is 0.000000125. The number of esters is 4. The number of phenolic OH excluding ortho intramolecular Hbond substituents is 3. The van der Waals surface area contributed by atoms with E-state index < -0.39 is 176 Å². The number of nitrogens with zero attached hydrogens (tertiary/aromatic N) is 2. The van der Waals surface area contributed by atoms with Gasteiger partial charge in [-0.25, -0.2) is 9.36 Å². The number of cyclic esters (lactones) is 2. The number of thioether (sulfide) groups is 1. The minimum atomic E-state index is -4.99. The third-order valence-electron chi connectivity index (χ3n) is 31.6. The number of benzene rings is 7. The van der Waals surface area contributed by atoms with Crippen LogP contribution in [-0.4, -0.2) is 273 Å². The summed E-state index contributed by atoms with van der Waals surface area (Å²) in [5, 5.41) is 95.7. The Labute approximate surface area is 844 Å². The number of carbonyl (C=O) groups is 4. The molecule has 41 nitrogen and oxygen atoms in total. The molecule has 1 aromatic heterocycles. The summed E-state index contributed by atoms with van der Waals surface area (Å²) < 4.78 is 146. The van der Waals surface area contributed by atoms with Crippen molar-refractivity contribution in [3.8, 4) is 97.7 Å². The SMILES string of the molecule is COc1cc([C@@H]2c3cc4c(cc3[C@@H](O[C@@H]3C[C@@H]5CO[C@@H](C)O[C@H]5[C@H](O)[C@H]3O)[C@H]3COC(=O)[C@H]23)OCO4)cc(OC)c1OP(=O)(O)O.COc1cc([C@@H]2c3cc4c(cc3[C@@H](O[C@@H]3C[C@@H]5CO[C@@H](c6cccs6)O[C@H]5[C@H](O)[C@H]3O)[C@H]3COC(=O)[C@H]23)OCO4)cc(OC)c1O.COc1cc2c(cc1O)CCN[C@]21CS[C@H]2c3c(OC(C)=O)c(C)c4c(c3[C@H](COC1=O)N1C2[C@H]2c3c(cc(C)c(OC)c3O)C[C@@H]([C@@H]1O)N2C)OCO4. The second-order valence-electron chi connectivity index (χ2n) is 39.2. The molecular weight excluding hydrogens is 1970 g/mol. The van der Waals surface area contributed by atoms with E-state index in [4.69, 9.17) is 109 Å². The monoisotopic (exact) mass is 2080 g/mol. The van der Waals surface area contributed by atoms with E-state index in [9.17, 15) is 74.4 Å². The molecule has 146 heavy (non-hydrogen) atoms. The number of phenols is 3. The lowest BCUT2D eigenvalue weighted by atomic mass is 9.66. The molecule has 4 bridgehead atoms. The number of aliphatic hydroxyl groups is 5. The van der Waals surface area contributed by atoms with Crippen molar-refractivity contribution in [3.63, 3.8) is 0 Å². The molecule has 17 aliphatic rings. The highest BCUT2D eigenvalue weighted by Gasteiger charge is 2.65. The lowest BCUT2D eigenvalue weighted by Crippen LogP contribution is -2.70. The zero-order valence-corrected chi connectivity index (χ0v) is 83.6. The Bertz CT molecular complexity index is 6470. The number of aryl methyl sites for hydroxylation is 1. The Kier molecular flexibility index (Phi) is 26.4. The number of nitrogens with one attached hydrogen (secondary N) is 1. The first-order valence-corrected chi connectivity index (χ1v) is 51.6. The van der Waals surface area contributed by atoms with E-state index in [1.807, 2.05) is 61.5 Å². The summed E-state index contributed by atoms with van der Waals surface area (Å²) in [6.45, 7) is 7.81. The number of piperazine rings is 1. The van der Waals surface area contributed by atoms with Gasteiger partial charge in [-0.3, -0.25) is 39.3 Å². The number of methoxy groups -OCH3 is 6. The molecule has 27 atom stereocenters. The van der Waals surface area contributed by atoms with Crippen molar-refractivity contribution in [1.82, 2.24) is 15.1 Å². The van der Waals surface area contributed by atoms with Gasteiger partial charge < -0.3 is 150 Å². The fourth-order valence-corrected chi connectivity index (χ4v) is 27.9. The number of hydrogen-bond acceptors (Lipinski definition) is 41. The number of fused-ring (bicyclic) bond motifs is 17. The Hall–Kier alpha value is -11.1. The number of ether oxygens (including phenoxy) is 22. The van der Waals surface area contributed by atoms with Crippen LogP contribution >= 0.6 is 30.9 Å². The third-order valence-corrected chi connectivity index (χ3v) is 34.4. The van der Waals surface area contributed by atoms with Crippen molar-refractivity contribution in [1.29, 1.82) is 0 Å². The van der Waals surface area contributed by atoms with Gasteiger partial charge in [-0.15, -0.1) is 23.1 Å². The zero-order chi connectivity index (χ0) is 102. The highest BCUT2D eigenvalue weighted by molar-refractivity contribution is 7.99. The van der Waals surface area contributed by atoms with Crippen LogP contribution in [0.3, 0.4) is 0 Å². The van der Waals surface area contributed by atoms with Gasteiger partial charge in [0.1, 0.15) is 43.0 Å². The summed E-state index contributed by atoms with van der Waals surface area (Å²) in [5.41, 5.74) is 8.34. The predicted octanol–water partition coefficient (Wildman–Crippen LogP) is 8.60. The maximum absolute atomic E-state index is 14.7. The number of phosphoric acid groups is 1. The number of likely N-dealkylation sites (N-methyl/N-ethyl adjacent to an activating group) is 1. The van der Waals surface area contributed by atoms with Crippen molar-refractivity contribution in [2.24, 2.45) is 35.5 Å². The van der Waals surface area contributed by atoms with Crippen LogP contribution in [0.4, 0.5) is 0 Å². The van der Waals surface area contributed by atoms with Gasteiger partial charge in [-0.05, 0) is 181 Å². The molecule has 780 valence electrons. The molecule has 14 heterocycles. The molecule has 1 unspecified atom stereocenters. The van der Waals surface area contributed by atoms with Gasteiger partial charge in [0.2, 0.25) is 31.9 Å². The van der Waals surface area contributed by atoms with Gasteiger partial charge in [-0.2, -0.15) is 0 Å². The molecular formula is C102H112N3O38PS2. The Morgan fingerprint density at radius 2 is 1.13 bits per heavy atom. The smallest absolute Gasteiger partial charge is 0.504 e. The number of thiophene rings is 1. The molecule has 6 saturated heterocycles. The predicted molar refractivity (Wildman–Crippen MR) is 506 cm³/mol. The average molecular weight is 2080 g/mol. The summed E-state index contributed by atoms with van der Waals surface area (Å²) in [6, 6.07) is 20.7. The highest BCUT2D eigenvalue weighted by Crippen LogP contribution is 2.67. The third kappa shape index (κ3) is 16.6. The van der Waals surface area contributed by atoms with E-state index in [1.54, 1.807) is 43.3 Å². The second-order valence-corrected chi connectivity index (χ2v) is 42.5. The summed E-state index contributed by atoms with van der Waals surface area (Å²) in [7, 11) is 5.48. The van der Waals surface area contributed by atoms with Crippen molar-refractivity contribution < 1.29 is 183 Å². The van der Waals surface area contributed by atoms with E-state index in [1.165, 1.54) is 84.8 Å². The summed E-state index contributed by atoms with van der Waals surface area (Å²) in [4.78, 5) is 78.7. The number of phosphoric ester groups is 1. The van der Waals surface area contributed by atoms with Gasteiger partial charge in [-0.1, -0.05) is 12.1 Å².